The Bertz CT molecular complexity index is 2160. The second kappa shape index (κ2) is 18.1. The van der Waals surface area contributed by atoms with Crippen LogP contribution in [0.15, 0.2) is 96.6 Å². The van der Waals surface area contributed by atoms with Gasteiger partial charge in [0.2, 0.25) is 0 Å². The molecule has 4 aromatic rings. The maximum absolute atomic E-state index is 5.84. The molecule has 4 aromatic carbocycles. The number of fused-ring (bicyclic) bond motifs is 5. The number of allylic oxidation sites excluding steroid dienone is 8. The van der Waals surface area contributed by atoms with Crippen LogP contribution >= 0.6 is 48.0 Å². The molecule has 8 rings (SSSR count). The van der Waals surface area contributed by atoms with Gasteiger partial charge in [0, 0.05) is 5.41 Å². The molecule has 0 aliphatic heterocycles. The van der Waals surface area contributed by atoms with E-state index in [-0.39, 0.29) is 46.5 Å². The molecule has 4 aliphatic carbocycles. The summed E-state index contributed by atoms with van der Waals surface area (Å²) in [5.74, 6) is 0.556. The van der Waals surface area contributed by atoms with Gasteiger partial charge in [-0.3, -0.25) is 12.2 Å². The molecule has 0 spiro atoms. The number of halogens is 4. The van der Waals surface area contributed by atoms with E-state index in [9.17, 15) is 0 Å². The Morgan fingerprint density at radius 1 is 0.684 bits per heavy atom. The molecule has 0 fully saturated rings. The standard InChI is InChI=1S/C31H37.2C7H5Cl.C7H9.2ClH.Zr/c1-28(2,3)26-16-30(7,8)24-12-18-11-19-13-25-23(15-21(19)20(18)14-22(24)26)27(29(4,5)6)17-31(25,9)10;2*1-6-2-4-7(8)5-3-6;1-6-3-4-7(2)5-6;;;/h12-16H,11H2,1-10H3;2*1-5H;3,5,7H,1-2H3;2*1H;/q-1;;;-1;;;. The van der Waals surface area contributed by atoms with Crippen molar-refractivity contribution in [2.75, 3.05) is 0 Å². The fraction of sp³-hybridized carbons (Fsp3) is 0.346. The Labute approximate surface area is 377 Å². The quantitative estimate of drug-likeness (QED) is 0.155. The van der Waals surface area contributed by atoms with Crippen LogP contribution in [0, 0.1) is 28.9 Å². The number of hydrogen-bond acceptors (Lipinski definition) is 0. The van der Waals surface area contributed by atoms with Gasteiger partial charge in [-0.1, -0.05) is 106 Å². The molecule has 57 heavy (non-hydrogen) atoms. The zero-order valence-electron chi connectivity index (χ0n) is 35.7. The van der Waals surface area contributed by atoms with E-state index in [1.807, 2.05) is 30.3 Å². The topological polar surface area (TPSA) is 0 Å². The van der Waals surface area contributed by atoms with Gasteiger partial charge in [0.05, 0.1) is 0 Å². The average Bonchev–Trinajstić information content (AvgIpc) is 3.81. The Hall–Kier alpha value is -2.38. The number of benzene rings is 4. The second-order valence-electron chi connectivity index (χ2n) is 18.8. The zero-order chi connectivity index (χ0) is 40.1. The summed E-state index contributed by atoms with van der Waals surface area (Å²) >= 11 is 11.0. The van der Waals surface area contributed by atoms with Crippen LogP contribution in [0.25, 0.3) is 22.3 Å². The predicted octanol–water partition coefficient (Wildman–Crippen LogP) is 15.4. The van der Waals surface area contributed by atoms with Crippen molar-refractivity contribution in [3.8, 4) is 11.1 Å². The summed E-state index contributed by atoms with van der Waals surface area (Å²) in [6, 6.07) is 25.9. The van der Waals surface area contributed by atoms with Crippen LogP contribution in [0.3, 0.4) is 0 Å². The van der Waals surface area contributed by atoms with Crippen molar-refractivity contribution < 1.29 is 22.3 Å². The van der Waals surface area contributed by atoms with Crippen LogP contribution in [-0.4, -0.2) is 7.42 Å². The van der Waals surface area contributed by atoms with Gasteiger partial charge < -0.3 is 0 Å². The summed E-state index contributed by atoms with van der Waals surface area (Å²) < 4.78 is 4.66. The van der Waals surface area contributed by atoms with Gasteiger partial charge in [-0.15, -0.1) is 43.4 Å². The first kappa shape index (κ1) is 47.3. The van der Waals surface area contributed by atoms with E-state index >= 15 is 0 Å². The third-order valence-electron chi connectivity index (χ3n) is 10.9. The van der Waals surface area contributed by atoms with Crippen molar-refractivity contribution in [2.24, 2.45) is 16.7 Å². The molecular weight excluding hydrogens is 858 g/mol. The van der Waals surface area contributed by atoms with Gasteiger partial charge in [-0.25, -0.2) is 17.2 Å². The normalized spacial score (nSPS) is 17.2. The minimum absolute atomic E-state index is 0. The van der Waals surface area contributed by atoms with Gasteiger partial charge in [0.15, 0.2) is 0 Å². The van der Waals surface area contributed by atoms with E-state index in [2.05, 4.69) is 163 Å². The van der Waals surface area contributed by atoms with Crippen LogP contribution < -0.4 is 0 Å². The molecule has 1 atom stereocenters. The molecule has 0 aromatic heterocycles. The monoisotopic (exact) mass is 912 g/mol. The Balaban J connectivity index is 0.000000232. The molecular formula is C52H58Cl4Zr-2. The average molecular weight is 916 g/mol. The van der Waals surface area contributed by atoms with Gasteiger partial charge in [-0.05, 0) is 62.3 Å². The molecule has 0 N–H and O–H groups in total. The van der Waals surface area contributed by atoms with Gasteiger partial charge in [0.25, 0.3) is 0 Å². The summed E-state index contributed by atoms with van der Waals surface area (Å²) in [5, 5.41) is 1.57. The zero-order valence-corrected chi connectivity index (χ0v) is 41.3. The maximum atomic E-state index is 5.84. The second-order valence-corrected chi connectivity index (χ2v) is 21.9. The van der Waals surface area contributed by atoms with E-state index < -0.39 is 22.3 Å². The minimum atomic E-state index is -0.623. The molecule has 0 radical (unpaired) electrons. The molecule has 1 unspecified atom stereocenters. The molecule has 0 saturated heterocycles. The first-order valence-corrected chi connectivity index (χ1v) is 23.2. The van der Waals surface area contributed by atoms with E-state index in [4.69, 9.17) is 23.2 Å². The van der Waals surface area contributed by atoms with Gasteiger partial charge in [-0.2, -0.15) is 11.6 Å². The van der Waals surface area contributed by atoms with Crippen molar-refractivity contribution >= 4 is 66.6 Å². The molecule has 300 valence electrons. The first-order chi connectivity index (χ1) is 25.6. The third kappa shape index (κ3) is 10.9. The van der Waals surface area contributed by atoms with Crippen LogP contribution in [-0.2, 0) is 39.5 Å². The van der Waals surface area contributed by atoms with Crippen LogP contribution in [0.5, 0.6) is 0 Å². The Morgan fingerprint density at radius 3 is 1.60 bits per heavy atom. The number of hydrogen-bond donors (Lipinski definition) is 0. The van der Waals surface area contributed by atoms with Crippen molar-refractivity contribution in [3.05, 3.63) is 163 Å². The molecule has 5 heteroatoms. The molecule has 0 saturated carbocycles. The van der Waals surface area contributed by atoms with Crippen LogP contribution in [0.2, 0.25) is 10.0 Å². The molecule has 0 heterocycles. The van der Waals surface area contributed by atoms with Crippen molar-refractivity contribution in [3.63, 3.8) is 0 Å². The number of rotatable bonds is 2. The summed E-state index contributed by atoms with van der Waals surface area (Å²) in [5.41, 5.74) is 18.8. The van der Waals surface area contributed by atoms with Crippen molar-refractivity contribution in [1.29, 1.82) is 0 Å². The Morgan fingerprint density at radius 2 is 1.18 bits per heavy atom. The van der Waals surface area contributed by atoms with E-state index in [1.165, 1.54) is 72.4 Å². The fourth-order valence-corrected chi connectivity index (χ4v) is 10.4. The van der Waals surface area contributed by atoms with E-state index in [0.717, 1.165) is 16.5 Å². The van der Waals surface area contributed by atoms with Gasteiger partial charge in [0.1, 0.15) is 0 Å². The van der Waals surface area contributed by atoms with E-state index in [1.54, 1.807) is 0 Å². The predicted molar refractivity (Wildman–Crippen MR) is 253 cm³/mol. The summed E-state index contributed by atoms with van der Waals surface area (Å²) in [6.07, 6.45) is 14.8. The first-order valence-electron chi connectivity index (χ1n) is 19.6. The Kier molecular flexibility index (Phi) is 15.0. The van der Waals surface area contributed by atoms with Gasteiger partial charge >= 0.3 is 123 Å². The van der Waals surface area contributed by atoms with Crippen molar-refractivity contribution in [2.45, 2.75) is 100 Å². The fourth-order valence-electron chi connectivity index (χ4n) is 8.05. The van der Waals surface area contributed by atoms with Crippen molar-refractivity contribution in [1.82, 2.24) is 0 Å². The summed E-state index contributed by atoms with van der Waals surface area (Å²) in [6.45, 7) is 27.6. The van der Waals surface area contributed by atoms with Crippen LogP contribution in [0.1, 0.15) is 128 Å². The molecule has 0 nitrogen and oxygen atoms in total. The summed E-state index contributed by atoms with van der Waals surface area (Å²) in [4.78, 5) is 0. The molecule has 0 amide bonds. The molecule has 0 bridgehead atoms. The van der Waals surface area contributed by atoms with Crippen LogP contribution in [0.4, 0.5) is 0 Å². The molecule has 4 aliphatic rings. The third-order valence-corrected chi connectivity index (χ3v) is 13.9. The summed E-state index contributed by atoms with van der Waals surface area (Å²) in [7, 11) is 0. The SMILES string of the molecule is CC(C)(C)C1=[C-]C(C)(C)c2cc3c(cc21)-c1cc2c(cc1C3)C(C)(C)C=C2C(C)(C)C.CC1=CC(C)[C-]=C1.Cl.Cl.Clc1ccc([CH]=[Zr]=[CH]c2ccc(Cl)cc2)cc1. The van der Waals surface area contributed by atoms with E-state index in [0.29, 0.717) is 5.92 Å².